The van der Waals surface area contributed by atoms with E-state index in [1.807, 2.05) is 30.3 Å². The number of carbonyl (C=O) groups is 1. The Morgan fingerprint density at radius 3 is 2.67 bits per heavy atom. The summed E-state index contributed by atoms with van der Waals surface area (Å²) in [5, 5.41) is 18.9. The molecule has 1 unspecified atom stereocenters. The predicted octanol–water partition coefficient (Wildman–Crippen LogP) is 2.35. The van der Waals surface area contributed by atoms with Gasteiger partial charge in [-0.05, 0) is 13.3 Å². The largest absolute Gasteiger partial charge is 0.476 e. The van der Waals surface area contributed by atoms with Crippen molar-refractivity contribution in [3.63, 3.8) is 0 Å². The molecule has 0 radical (unpaired) electrons. The van der Waals surface area contributed by atoms with E-state index >= 15 is 0 Å². The highest BCUT2D eigenvalue weighted by atomic mass is 16.5. The summed E-state index contributed by atoms with van der Waals surface area (Å²) in [6, 6.07) is 9.30. The minimum Gasteiger partial charge on any atom is -0.476 e. The maximum atomic E-state index is 11.5. The molecule has 1 heterocycles. The number of nitrogens with zero attached hydrogens (tertiary/aromatic N) is 2. The third kappa shape index (κ3) is 4.26. The van der Waals surface area contributed by atoms with E-state index < -0.39 is 12.1 Å². The lowest BCUT2D eigenvalue weighted by atomic mass is 10.2. The smallest absolute Gasteiger partial charge is 0.360 e. The first-order valence-electron chi connectivity index (χ1n) is 8.00. The number of rotatable bonds is 9. The van der Waals surface area contributed by atoms with Crippen LogP contribution in [0.4, 0.5) is 0 Å². The molecule has 0 aliphatic rings. The van der Waals surface area contributed by atoms with Crippen LogP contribution in [0.15, 0.2) is 30.3 Å². The molecule has 3 N–H and O–H groups in total. The van der Waals surface area contributed by atoms with Crippen LogP contribution in [0, 0.1) is 0 Å². The van der Waals surface area contributed by atoms with Gasteiger partial charge < -0.3 is 20.4 Å². The van der Waals surface area contributed by atoms with Gasteiger partial charge in [0.05, 0.1) is 6.10 Å². The molecule has 130 valence electrons. The van der Waals surface area contributed by atoms with Gasteiger partial charge in [-0.25, -0.2) is 14.5 Å². The predicted molar refractivity (Wildman–Crippen MR) is 90.9 cm³/mol. The second kappa shape index (κ2) is 8.35. The van der Waals surface area contributed by atoms with Gasteiger partial charge in [-0.3, -0.25) is 0 Å². The maximum absolute atomic E-state index is 11.5. The summed E-state index contributed by atoms with van der Waals surface area (Å²) in [6.07, 6.45) is 1.20. The average Bonchev–Trinajstić information content (AvgIpc) is 2.93. The topological polar surface area (TPSA) is 96.6 Å². The van der Waals surface area contributed by atoms with Crippen LogP contribution < -0.4 is 10.2 Å². The third-order valence-corrected chi connectivity index (χ3v) is 3.33. The van der Waals surface area contributed by atoms with E-state index in [-0.39, 0.29) is 18.2 Å². The number of carboxylic acids is 1. The number of hydrogen-bond acceptors (Lipinski definition) is 5. The van der Waals surface area contributed by atoms with Crippen LogP contribution >= 0.6 is 0 Å². The number of aliphatic hydroxyl groups is 1. The van der Waals surface area contributed by atoms with Gasteiger partial charge in [0.25, 0.3) is 0 Å². The van der Waals surface area contributed by atoms with Gasteiger partial charge in [0.1, 0.15) is 6.61 Å². The van der Waals surface area contributed by atoms with Gasteiger partial charge in [0.2, 0.25) is 11.6 Å². The molecule has 2 rings (SSSR count). The Morgan fingerprint density at radius 2 is 2.08 bits per heavy atom. The van der Waals surface area contributed by atoms with E-state index in [4.69, 9.17) is 4.74 Å². The number of nitrogens with one attached hydrogen (secondary N) is 1. The molecule has 1 aromatic heterocycles. The Hall–Kier alpha value is -2.54. The lowest BCUT2D eigenvalue weighted by Gasteiger charge is -2.15. The van der Waals surface area contributed by atoms with Crippen LogP contribution in [0.5, 0.6) is 5.88 Å². The summed E-state index contributed by atoms with van der Waals surface area (Å²) >= 11 is 0. The standard InChI is InChI=1S/C17H23N3O4/c1-3-4-10-18-20-15(13-8-6-5-7-9-13)19-14(17(22)23)16(20)24-11-12(2)21/h5-9,12,18,21H,3-4,10-11H2,1-2H3,(H,22,23). The molecule has 0 bridgehead atoms. The third-order valence-electron chi connectivity index (χ3n) is 3.33. The van der Waals surface area contributed by atoms with E-state index in [2.05, 4.69) is 17.3 Å². The first-order chi connectivity index (χ1) is 11.5. The molecule has 0 amide bonds. The van der Waals surface area contributed by atoms with Crippen molar-refractivity contribution < 1.29 is 19.7 Å². The highest BCUT2D eigenvalue weighted by molar-refractivity contribution is 5.89. The molecule has 0 saturated heterocycles. The number of hydrogen-bond donors (Lipinski definition) is 3. The SMILES string of the molecule is CCCCNn1c(-c2ccccc2)nc(C(=O)O)c1OCC(C)O. The number of unbranched alkanes of at least 4 members (excludes halogenated alkanes) is 1. The number of ether oxygens (including phenoxy) is 1. The van der Waals surface area contributed by atoms with Crippen LogP contribution in [0.2, 0.25) is 0 Å². The fourth-order valence-corrected chi connectivity index (χ4v) is 2.17. The molecule has 0 aliphatic heterocycles. The number of benzene rings is 1. The molecule has 7 heteroatoms. The summed E-state index contributed by atoms with van der Waals surface area (Å²) in [6.45, 7) is 4.28. The molecule has 0 spiro atoms. The summed E-state index contributed by atoms with van der Waals surface area (Å²) in [5.74, 6) is -0.619. The fourth-order valence-electron chi connectivity index (χ4n) is 2.17. The molecule has 0 aliphatic carbocycles. The highest BCUT2D eigenvalue weighted by Gasteiger charge is 2.25. The molecular formula is C17H23N3O4. The van der Waals surface area contributed by atoms with Gasteiger partial charge in [-0.2, -0.15) is 0 Å². The maximum Gasteiger partial charge on any atom is 0.360 e. The van der Waals surface area contributed by atoms with Crippen LogP contribution in [0.3, 0.4) is 0 Å². The zero-order chi connectivity index (χ0) is 17.5. The first kappa shape index (κ1) is 17.8. The van der Waals surface area contributed by atoms with Crippen molar-refractivity contribution in [1.29, 1.82) is 0 Å². The van der Waals surface area contributed by atoms with Crippen molar-refractivity contribution in [2.45, 2.75) is 32.8 Å². The quantitative estimate of drug-likeness (QED) is 0.610. The fraction of sp³-hybridized carbons (Fsp3) is 0.412. The van der Waals surface area contributed by atoms with E-state index in [1.165, 1.54) is 0 Å². The molecule has 2 aromatic rings. The summed E-state index contributed by atoms with van der Waals surface area (Å²) in [7, 11) is 0. The van der Waals surface area contributed by atoms with Crippen molar-refractivity contribution in [3.05, 3.63) is 36.0 Å². The first-order valence-corrected chi connectivity index (χ1v) is 8.00. The molecule has 0 fully saturated rings. The monoisotopic (exact) mass is 333 g/mol. The molecule has 24 heavy (non-hydrogen) atoms. The van der Waals surface area contributed by atoms with Crippen molar-refractivity contribution in [1.82, 2.24) is 9.66 Å². The van der Waals surface area contributed by atoms with Crippen molar-refractivity contribution >= 4 is 5.97 Å². The normalized spacial score (nSPS) is 12.0. The second-order valence-electron chi connectivity index (χ2n) is 5.52. The van der Waals surface area contributed by atoms with Crippen molar-refractivity contribution in [2.75, 3.05) is 18.6 Å². The Bertz CT molecular complexity index is 668. The van der Waals surface area contributed by atoms with E-state index in [0.717, 1.165) is 18.4 Å². The summed E-state index contributed by atoms with van der Waals surface area (Å²) < 4.78 is 7.08. The van der Waals surface area contributed by atoms with Crippen LogP contribution in [0.1, 0.15) is 37.2 Å². The molecular weight excluding hydrogens is 310 g/mol. The zero-order valence-corrected chi connectivity index (χ0v) is 13.9. The zero-order valence-electron chi connectivity index (χ0n) is 13.9. The van der Waals surface area contributed by atoms with Crippen LogP contribution in [-0.4, -0.2) is 45.1 Å². The number of aromatic carboxylic acids is 1. The van der Waals surface area contributed by atoms with Crippen molar-refractivity contribution in [2.24, 2.45) is 0 Å². The van der Waals surface area contributed by atoms with E-state index in [9.17, 15) is 15.0 Å². The molecule has 7 nitrogen and oxygen atoms in total. The van der Waals surface area contributed by atoms with Gasteiger partial charge in [0, 0.05) is 12.1 Å². The van der Waals surface area contributed by atoms with Crippen LogP contribution in [-0.2, 0) is 0 Å². The Balaban J connectivity index is 2.47. The lowest BCUT2D eigenvalue weighted by molar-refractivity contribution is 0.0677. The van der Waals surface area contributed by atoms with Crippen LogP contribution in [0.25, 0.3) is 11.4 Å². The number of aliphatic hydroxyl groups excluding tert-OH is 1. The molecule has 1 aromatic carbocycles. The van der Waals surface area contributed by atoms with E-state index in [0.29, 0.717) is 12.4 Å². The van der Waals surface area contributed by atoms with Crippen molar-refractivity contribution in [3.8, 4) is 17.3 Å². The Morgan fingerprint density at radius 1 is 1.38 bits per heavy atom. The highest BCUT2D eigenvalue weighted by Crippen LogP contribution is 2.27. The van der Waals surface area contributed by atoms with Gasteiger partial charge in [0.15, 0.2) is 5.82 Å². The summed E-state index contributed by atoms with van der Waals surface area (Å²) in [5.41, 5.74) is 3.76. The Labute approximate surface area is 140 Å². The average molecular weight is 333 g/mol. The number of aromatic nitrogens is 2. The molecule has 1 atom stereocenters. The molecule has 0 saturated carbocycles. The van der Waals surface area contributed by atoms with Gasteiger partial charge >= 0.3 is 5.97 Å². The van der Waals surface area contributed by atoms with Gasteiger partial charge in [-0.1, -0.05) is 43.7 Å². The minimum atomic E-state index is -1.18. The lowest BCUT2D eigenvalue weighted by Crippen LogP contribution is -2.22. The summed E-state index contributed by atoms with van der Waals surface area (Å²) in [4.78, 5) is 15.8. The van der Waals surface area contributed by atoms with E-state index in [1.54, 1.807) is 11.6 Å². The van der Waals surface area contributed by atoms with Gasteiger partial charge in [-0.15, -0.1) is 0 Å². The number of carboxylic acid groups (broad SMARTS) is 1. The Kier molecular flexibility index (Phi) is 6.20. The second-order valence-corrected chi connectivity index (χ2v) is 5.52. The number of imidazole rings is 1. The minimum absolute atomic E-state index is 0.0182.